The Morgan fingerprint density at radius 1 is 1.42 bits per heavy atom. The van der Waals surface area contributed by atoms with Gasteiger partial charge in [0.15, 0.2) is 0 Å². The van der Waals surface area contributed by atoms with E-state index in [1.807, 2.05) is 43.0 Å². The molecule has 0 saturated carbocycles. The molecule has 5 nitrogen and oxygen atoms in total. The maximum absolute atomic E-state index is 12.8. The Morgan fingerprint density at radius 2 is 2.17 bits per heavy atom. The second-order valence-electron chi connectivity index (χ2n) is 5.92. The molecule has 24 heavy (non-hydrogen) atoms. The van der Waals surface area contributed by atoms with E-state index in [1.165, 1.54) is 11.3 Å². The van der Waals surface area contributed by atoms with Gasteiger partial charge in [0.25, 0.3) is 5.91 Å². The summed E-state index contributed by atoms with van der Waals surface area (Å²) in [4.78, 5) is 20.1. The molecular formula is C18H23N3O2S. The number of benzene rings is 1. The average molecular weight is 345 g/mol. The fourth-order valence-electron chi connectivity index (χ4n) is 3.06. The molecule has 2 aromatic rings. The van der Waals surface area contributed by atoms with E-state index in [4.69, 9.17) is 10.5 Å². The maximum atomic E-state index is 12.8. The third-order valence-corrected chi connectivity index (χ3v) is 5.51. The number of aromatic nitrogens is 1. The van der Waals surface area contributed by atoms with Crippen molar-refractivity contribution in [1.82, 2.24) is 9.88 Å². The third kappa shape index (κ3) is 3.30. The Hall–Kier alpha value is -1.92. The van der Waals surface area contributed by atoms with Gasteiger partial charge in [0.2, 0.25) is 0 Å². The van der Waals surface area contributed by atoms with Crippen molar-refractivity contribution in [2.24, 2.45) is 5.73 Å². The number of amides is 1. The van der Waals surface area contributed by atoms with Crippen LogP contribution >= 0.6 is 11.3 Å². The van der Waals surface area contributed by atoms with Gasteiger partial charge in [-0.1, -0.05) is 0 Å². The van der Waals surface area contributed by atoms with E-state index in [1.54, 1.807) is 0 Å². The molecule has 1 amide bonds. The monoisotopic (exact) mass is 345 g/mol. The minimum Gasteiger partial charge on any atom is -0.494 e. The third-order valence-electron chi connectivity index (χ3n) is 4.31. The molecule has 2 heterocycles. The first-order chi connectivity index (χ1) is 11.6. The van der Waals surface area contributed by atoms with Crippen LogP contribution in [0.4, 0.5) is 0 Å². The smallest absolute Gasteiger partial charge is 0.266 e. The van der Waals surface area contributed by atoms with E-state index in [0.29, 0.717) is 13.2 Å². The van der Waals surface area contributed by atoms with Gasteiger partial charge >= 0.3 is 0 Å². The maximum Gasteiger partial charge on any atom is 0.266 e. The molecule has 1 fully saturated rings. The van der Waals surface area contributed by atoms with Crippen molar-refractivity contribution in [3.8, 4) is 16.3 Å². The van der Waals surface area contributed by atoms with E-state index < -0.39 is 0 Å². The molecule has 0 bridgehead atoms. The second-order valence-corrected chi connectivity index (χ2v) is 6.92. The van der Waals surface area contributed by atoms with Crippen LogP contribution in [0.3, 0.4) is 0 Å². The highest BCUT2D eigenvalue weighted by Crippen LogP contribution is 2.31. The van der Waals surface area contributed by atoms with Gasteiger partial charge < -0.3 is 15.4 Å². The molecule has 6 heteroatoms. The van der Waals surface area contributed by atoms with Crippen molar-refractivity contribution in [2.45, 2.75) is 32.7 Å². The van der Waals surface area contributed by atoms with Crippen LogP contribution in [0.5, 0.6) is 5.75 Å². The van der Waals surface area contributed by atoms with Gasteiger partial charge in [-0.25, -0.2) is 4.98 Å². The Kier molecular flexibility index (Phi) is 5.16. The van der Waals surface area contributed by atoms with Crippen LogP contribution in [0.1, 0.15) is 35.1 Å². The number of carbonyl (C=O) groups excluding carboxylic acids is 1. The second kappa shape index (κ2) is 7.32. The zero-order chi connectivity index (χ0) is 17.1. The van der Waals surface area contributed by atoms with Crippen LogP contribution in [-0.2, 0) is 0 Å². The van der Waals surface area contributed by atoms with Crippen molar-refractivity contribution >= 4 is 17.2 Å². The number of likely N-dealkylation sites (tertiary alicyclic amines) is 1. The molecule has 1 aliphatic heterocycles. The first kappa shape index (κ1) is 16.9. The molecule has 1 aromatic carbocycles. The number of nitrogens with two attached hydrogens (primary N) is 1. The lowest BCUT2D eigenvalue weighted by Gasteiger charge is -2.22. The summed E-state index contributed by atoms with van der Waals surface area (Å²) in [7, 11) is 0. The highest BCUT2D eigenvalue weighted by atomic mass is 32.1. The van der Waals surface area contributed by atoms with Gasteiger partial charge in [0, 0.05) is 24.7 Å². The molecule has 1 aromatic heterocycles. The first-order valence-corrected chi connectivity index (χ1v) is 9.17. The van der Waals surface area contributed by atoms with Gasteiger partial charge in [0.05, 0.1) is 12.3 Å². The topological polar surface area (TPSA) is 68.5 Å². The van der Waals surface area contributed by atoms with Crippen molar-refractivity contribution < 1.29 is 9.53 Å². The van der Waals surface area contributed by atoms with Crippen molar-refractivity contribution in [3.05, 3.63) is 34.8 Å². The quantitative estimate of drug-likeness (QED) is 0.904. The molecule has 128 valence electrons. The number of aryl methyl sites for hydroxylation is 1. The van der Waals surface area contributed by atoms with Crippen LogP contribution in [0.25, 0.3) is 10.6 Å². The molecule has 3 rings (SSSR count). The molecular weight excluding hydrogens is 322 g/mol. The molecule has 1 aliphatic rings. The van der Waals surface area contributed by atoms with Crippen LogP contribution in [-0.4, -0.2) is 41.5 Å². The lowest BCUT2D eigenvalue weighted by atomic mass is 10.2. The summed E-state index contributed by atoms with van der Waals surface area (Å²) in [5, 5.41) is 0.863. The molecule has 1 atom stereocenters. The van der Waals surface area contributed by atoms with E-state index in [9.17, 15) is 4.79 Å². The van der Waals surface area contributed by atoms with Crippen molar-refractivity contribution in [3.63, 3.8) is 0 Å². The number of nitrogens with zero attached hydrogens (tertiary/aromatic N) is 2. The number of ether oxygens (including phenoxy) is 1. The van der Waals surface area contributed by atoms with Gasteiger partial charge in [-0.15, -0.1) is 11.3 Å². The fraction of sp³-hybridized carbons (Fsp3) is 0.444. The van der Waals surface area contributed by atoms with E-state index in [-0.39, 0.29) is 11.9 Å². The summed E-state index contributed by atoms with van der Waals surface area (Å²) in [6.07, 6.45) is 2.02. The Labute approximate surface area is 146 Å². The van der Waals surface area contributed by atoms with Crippen LogP contribution < -0.4 is 10.5 Å². The molecule has 0 spiro atoms. The van der Waals surface area contributed by atoms with E-state index in [0.717, 1.165) is 46.3 Å². The highest BCUT2D eigenvalue weighted by Gasteiger charge is 2.30. The zero-order valence-electron chi connectivity index (χ0n) is 14.1. The van der Waals surface area contributed by atoms with E-state index >= 15 is 0 Å². The summed E-state index contributed by atoms with van der Waals surface area (Å²) < 4.78 is 5.47. The number of thiazole rings is 1. The normalized spacial score (nSPS) is 17.3. The van der Waals surface area contributed by atoms with E-state index in [2.05, 4.69) is 4.98 Å². The standard InChI is InChI=1S/C18H23N3O2S/c1-3-23-15-8-6-13(7-9-15)17-20-12(2)16(24-17)18(22)21-10-4-5-14(21)11-19/h6-9,14H,3-5,10-11,19H2,1-2H3/t14-/m1/s1. The summed E-state index contributed by atoms with van der Waals surface area (Å²) in [5.74, 6) is 0.906. The van der Waals surface area contributed by atoms with Crippen LogP contribution in [0.15, 0.2) is 24.3 Å². The molecule has 0 radical (unpaired) electrons. The summed E-state index contributed by atoms with van der Waals surface area (Å²) in [5.41, 5.74) is 7.59. The SMILES string of the molecule is CCOc1ccc(-c2nc(C)c(C(=O)N3CCC[C@@H]3CN)s2)cc1. The zero-order valence-corrected chi connectivity index (χ0v) is 14.9. The Morgan fingerprint density at radius 3 is 2.83 bits per heavy atom. The summed E-state index contributed by atoms with van der Waals surface area (Å²) in [6, 6.07) is 7.99. The van der Waals surface area contributed by atoms with Crippen LogP contribution in [0, 0.1) is 6.92 Å². The predicted octanol–water partition coefficient (Wildman–Crippen LogP) is 3.08. The molecule has 0 unspecified atom stereocenters. The first-order valence-electron chi connectivity index (χ1n) is 8.35. The molecule has 2 N–H and O–H groups in total. The lowest BCUT2D eigenvalue weighted by Crippen LogP contribution is -2.39. The average Bonchev–Trinajstić information content (AvgIpc) is 3.21. The molecule has 0 aliphatic carbocycles. The van der Waals surface area contributed by atoms with Gasteiger partial charge in [-0.2, -0.15) is 0 Å². The van der Waals surface area contributed by atoms with Gasteiger partial charge in [0.1, 0.15) is 15.6 Å². The lowest BCUT2D eigenvalue weighted by molar-refractivity contribution is 0.0745. The minimum absolute atomic E-state index is 0.0649. The minimum atomic E-state index is 0.0649. The van der Waals surface area contributed by atoms with Crippen molar-refractivity contribution in [1.29, 1.82) is 0 Å². The number of hydrogen-bond donors (Lipinski definition) is 1. The number of hydrogen-bond acceptors (Lipinski definition) is 5. The summed E-state index contributed by atoms with van der Waals surface area (Å²) >= 11 is 1.46. The largest absolute Gasteiger partial charge is 0.494 e. The predicted molar refractivity (Wildman–Crippen MR) is 96.6 cm³/mol. The van der Waals surface area contributed by atoms with Crippen LogP contribution in [0.2, 0.25) is 0 Å². The fourth-order valence-corrected chi connectivity index (χ4v) is 4.09. The van der Waals surface area contributed by atoms with Gasteiger partial charge in [-0.3, -0.25) is 4.79 Å². The highest BCUT2D eigenvalue weighted by molar-refractivity contribution is 7.17. The molecule has 1 saturated heterocycles. The number of rotatable bonds is 5. The van der Waals surface area contributed by atoms with Crippen molar-refractivity contribution in [2.75, 3.05) is 19.7 Å². The Balaban J connectivity index is 1.83. The van der Waals surface area contributed by atoms with Gasteiger partial charge in [-0.05, 0) is 51.0 Å². The Bertz CT molecular complexity index is 712. The summed E-state index contributed by atoms with van der Waals surface area (Å²) in [6.45, 7) is 5.82. The number of carbonyl (C=O) groups is 1.